The maximum atomic E-state index is 13.5. The molecule has 2 heterocycles. The van der Waals surface area contributed by atoms with Crippen molar-refractivity contribution < 1.29 is 31.1 Å². The van der Waals surface area contributed by atoms with E-state index in [0.717, 1.165) is 16.8 Å². The van der Waals surface area contributed by atoms with Gasteiger partial charge in [0.1, 0.15) is 0 Å². The average Bonchev–Trinajstić information content (AvgIpc) is 3.12. The topological polar surface area (TPSA) is 25.2 Å². The molecule has 2 aromatic carbocycles. The van der Waals surface area contributed by atoms with Crippen LogP contribution in [-0.4, -0.2) is 21.9 Å². The van der Waals surface area contributed by atoms with E-state index < -0.39 is 41.0 Å². The van der Waals surface area contributed by atoms with Crippen molar-refractivity contribution in [1.82, 2.24) is 9.47 Å². The third-order valence-electron chi connectivity index (χ3n) is 5.74. The van der Waals surface area contributed by atoms with Gasteiger partial charge in [-0.15, -0.1) is 0 Å². The Labute approximate surface area is 186 Å². The van der Waals surface area contributed by atoms with Crippen LogP contribution in [0.15, 0.2) is 60.8 Å². The Kier molecular flexibility index (Phi) is 5.76. The highest BCUT2D eigenvalue weighted by Crippen LogP contribution is 2.38. The molecule has 4 rings (SSSR count). The van der Waals surface area contributed by atoms with E-state index in [1.54, 1.807) is 6.07 Å². The highest BCUT2D eigenvalue weighted by atomic mass is 19.4. The summed E-state index contributed by atoms with van der Waals surface area (Å²) in [5, 5.41) is 0. The van der Waals surface area contributed by atoms with Gasteiger partial charge in [0.25, 0.3) is 5.91 Å². The Balaban J connectivity index is 1.84. The number of benzene rings is 2. The molecule has 174 valence electrons. The molecule has 0 saturated carbocycles. The molecule has 9 heteroatoms. The zero-order valence-corrected chi connectivity index (χ0v) is 17.5. The van der Waals surface area contributed by atoms with Crippen molar-refractivity contribution in [3.8, 4) is 0 Å². The summed E-state index contributed by atoms with van der Waals surface area (Å²) in [5.41, 5.74) is -1.22. The quantitative estimate of drug-likeness (QED) is 0.398. The summed E-state index contributed by atoms with van der Waals surface area (Å²) < 4.78 is 82.0. The van der Waals surface area contributed by atoms with E-state index in [-0.39, 0.29) is 12.6 Å². The molecule has 1 unspecified atom stereocenters. The van der Waals surface area contributed by atoms with Crippen molar-refractivity contribution in [1.29, 1.82) is 0 Å². The van der Waals surface area contributed by atoms with Gasteiger partial charge in [-0.25, -0.2) is 0 Å². The zero-order chi connectivity index (χ0) is 24.0. The predicted octanol–water partition coefficient (Wildman–Crippen LogP) is 6.47. The minimum absolute atomic E-state index is 0.0296. The van der Waals surface area contributed by atoms with E-state index in [1.807, 2.05) is 48.0 Å². The Bertz CT molecular complexity index is 1130. The first-order valence-electron chi connectivity index (χ1n) is 10.3. The van der Waals surface area contributed by atoms with E-state index in [0.29, 0.717) is 25.1 Å². The first-order chi connectivity index (χ1) is 15.4. The number of nitrogens with zero attached hydrogens (tertiary/aromatic N) is 2. The minimum Gasteiger partial charge on any atom is -0.349 e. The van der Waals surface area contributed by atoms with E-state index in [4.69, 9.17) is 0 Å². The number of aryl methyl sites for hydroxylation is 2. The van der Waals surface area contributed by atoms with Crippen LogP contribution in [0.1, 0.15) is 50.8 Å². The lowest BCUT2D eigenvalue weighted by molar-refractivity contribution is -0.143. The molecule has 33 heavy (non-hydrogen) atoms. The smallest absolute Gasteiger partial charge is 0.349 e. The monoisotopic (exact) mass is 466 g/mol. The molecular weight excluding hydrogens is 446 g/mol. The second kappa shape index (κ2) is 8.28. The van der Waals surface area contributed by atoms with Crippen LogP contribution in [0.25, 0.3) is 0 Å². The second-order valence-corrected chi connectivity index (χ2v) is 8.09. The first kappa shape index (κ1) is 22.9. The molecular formula is C24H20F6N2O. The SMILES string of the molecule is Cc1ccc(C2c3cccn3CCCN2C(=O)c2cc(C(F)(F)F)cc(C(F)(F)F)c2)cc1. The van der Waals surface area contributed by atoms with Crippen LogP contribution in [-0.2, 0) is 18.9 Å². The second-order valence-electron chi connectivity index (χ2n) is 8.09. The van der Waals surface area contributed by atoms with Crippen molar-refractivity contribution in [3.05, 3.63) is 94.3 Å². The number of hydrogen-bond donors (Lipinski definition) is 0. The van der Waals surface area contributed by atoms with Gasteiger partial charge in [-0.2, -0.15) is 26.3 Å². The van der Waals surface area contributed by atoms with Gasteiger partial charge >= 0.3 is 12.4 Å². The first-order valence-corrected chi connectivity index (χ1v) is 10.3. The third-order valence-corrected chi connectivity index (χ3v) is 5.74. The van der Waals surface area contributed by atoms with Gasteiger partial charge in [0.15, 0.2) is 0 Å². The van der Waals surface area contributed by atoms with Crippen LogP contribution in [0.2, 0.25) is 0 Å². The fourth-order valence-corrected chi connectivity index (χ4v) is 4.14. The number of amides is 1. The fraction of sp³-hybridized carbons (Fsp3) is 0.292. The molecule has 1 aromatic heterocycles. The minimum atomic E-state index is -5.03. The van der Waals surface area contributed by atoms with Crippen LogP contribution in [0.5, 0.6) is 0 Å². The zero-order valence-electron chi connectivity index (χ0n) is 17.5. The third kappa shape index (κ3) is 4.62. The Morgan fingerprint density at radius 3 is 2.06 bits per heavy atom. The van der Waals surface area contributed by atoms with Gasteiger partial charge in [0.05, 0.1) is 17.2 Å². The fourth-order valence-electron chi connectivity index (χ4n) is 4.14. The summed E-state index contributed by atoms with van der Waals surface area (Å²) >= 11 is 0. The van der Waals surface area contributed by atoms with Gasteiger partial charge in [0.2, 0.25) is 0 Å². The van der Waals surface area contributed by atoms with Gasteiger partial charge in [-0.1, -0.05) is 29.8 Å². The van der Waals surface area contributed by atoms with Crippen LogP contribution < -0.4 is 0 Å². The largest absolute Gasteiger partial charge is 0.416 e. The number of fused-ring (bicyclic) bond motifs is 1. The molecule has 1 aliphatic heterocycles. The van der Waals surface area contributed by atoms with E-state index in [9.17, 15) is 31.1 Å². The van der Waals surface area contributed by atoms with Gasteiger partial charge in [-0.05, 0) is 49.2 Å². The summed E-state index contributed by atoms with van der Waals surface area (Å²) in [5.74, 6) is -0.883. The van der Waals surface area contributed by atoms with Crippen molar-refractivity contribution in [2.45, 2.75) is 38.3 Å². The van der Waals surface area contributed by atoms with Crippen LogP contribution in [0, 0.1) is 6.92 Å². The maximum Gasteiger partial charge on any atom is 0.416 e. The number of alkyl halides is 6. The summed E-state index contributed by atoms with van der Waals surface area (Å²) in [4.78, 5) is 14.8. The number of rotatable bonds is 2. The molecule has 1 aliphatic rings. The lowest BCUT2D eigenvalue weighted by Gasteiger charge is -2.31. The molecule has 3 aromatic rings. The molecule has 1 amide bonds. The molecule has 3 nitrogen and oxygen atoms in total. The Hall–Kier alpha value is -3.23. The van der Waals surface area contributed by atoms with E-state index in [1.165, 1.54) is 4.90 Å². The number of hydrogen-bond acceptors (Lipinski definition) is 1. The summed E-state index contributed by atoms with van der Waals surface area (Å²) in [6.45, 7) is 2.64. The van der Waals surface area contributed by atoms with Crippen molar-refractivity contribution in [3.63, 3.8) is 0 Å². The number of carbonyl (C=O) groups excluding carboxylic acids is 1. The van der Waals surface area contributed by atoms with Gasteiger partial charge < -0.3 is 9.47 Å². The highest BCUT2D eigenvalue weighted by molar-refractivity contribution is 5.95. The lowest BCUT2D eigenvalue weighted by Crippen LogP contribution is -2.36. The van der Waals surface area contributed by atoms with E-state index >= 15 is 0 Å². The predicted molar refractivity (Wildman–Crippen MR) is 110 cm³/mol. The van der Waals surface area contributed by atoms with Crippen molar-refractivity contribution in [2.24, 2.45) is 0 Å². The standard InChI is InChI=1S/C24H20F6N2O/c1-15-5-7-16(8-6-15)21-20-4-2-9-31(20)10-3-11-32(21)22(33)17-12-18(23(25,26)27)14-19(13-17)24(28,29)30/h2,4-9,12-14,21H,3,10-11H2,1H3. The van der Waals surface area contributed by atoms with Crippen LogP contribution in [0.4, 0.5) is 26.3 Å². The summed E-state index contributed by atoms with van der Waals surface area (Å²) in [7, 11) is 0. The molecule has 0 N–H and O–H groups in total. The van der Waals surface area contributed by atoms with Crippen LogP contribution in [0.3, 0.4) is 0 Å². The molecule has 0 saturated heterocycles. The normalized spacial score (nSPS) is 16.9. The van der Waals surface area contributed by atoms with Crippen LogP contribution >= 0.6 is 0 Å². The molecule has 0 aliphatic carbocycles. The van der Waals surface area contributed by atoms with Crippen molar-refractivity contribution >= 4 is 5.91 Å². The summed E-state index contributed by atoms with van der Waals surface area (Å²) in [6.07, 6.45) is -7.71. The number of carbonyl (C=O) groups is 1. The van der Waals surface area contributed by atoms with Gasteiger partial charge in [-0.3, -0.25) is 4.79 Å². The lowest BCUT2D eigenvalue weighted by atomic mass is 9.98. The molecule has 1 atom stereocenters. The van der Waals surface area contributed by atoms with Gasteiger partial charge in [0, 0.05) is 30.5 Å². The maximum absolute atomic E-state index is 13.5. The summed E-state index contributed by atoms with van der Waals surface area (Å²) in [6, 6.07) is 11.3. The highest BCUT2D eigenvalue weighted by Gasteiger charge is 2.39. The number of aromatic nitrogens is 1. The molecule has 0 radical (unpaired) electrons. The molecule has 0 fully saturated rings. The van der Waals surface area contributed by atoms with Crippen molar-refractivity contribution in [2.75, 3.05) is 6.54 Å². The molecule has 0 spiro atoms. The average molecular weight is 466 g/mol. The Morgan fingerprint density at radius 2 is 1.48 bits per heavy atom. The molecule has 0 bridgehead atoms. The number of halogens is 6. The van der Waals surface area contributed by atoms with E-state index in [2.05, 4.69) is 0 Å². The Morgan fingerprint density at radius 1 is 0.879 bits per heavy atom.